The van der Waals surface area contributed by atoms with Gasteiger partial charge in [-0.05, 0) is 20.4 Å². The van der Waals surface area contributed by atoms with Gasteiger partial charge in [-0.1, -0.05) is 6.92 Å². The van der Waals surface area contributed by atoms with Crippen LogP contribution in [0.1, 0.15) is 20.3 Å². The molecular weight excluding hydrogens is 254 g/mol. The summed E-state index contributed by atoms with van der Waals surface area (Å²) in [7, 11) is 3.94. The molecule has 2 aromatic rings. The predicted octanol–water partition coefficient (Wildman–Crippen LogP) is 1.54. The van der Waals surface area contributed by atoms with E-state index in [1.54, 1.807) is 13.4 Å². The highest BCUT2D eigenvalue weighted by Gasteiger charge is 2.10. The van der Waals surface area contributed by atoms with Crippen LogP contribution in [-0.4, -0.2) is 58.1 Å². The Kier molecular flexibility index (Phi) is 4.73. The molecule has 0 amide bonds. The maximum absolute atomic E-state index is 4.43. The molecule has 2 heterocycles. The summed E-state index contributed by atoms with van der Waals surface area (Å²) in [5, 5.41) is 6.30. The zero-order valence-corrected chi connectivity index (χ0v) is 12.6. The van der Waals surface area contributed by atoms with Gasteiger partial charge >= 0.3 is 0 Å². The van der Waals surface area contributed by atoms with E-state index in [0.717, 1.165) is 30.8 Å². The molecule has 0 bridgehead atoms. The third kappa shape index (κ3) is 3.16. The van der Waals surface area contributed by atoms with Crippen LogP contribution >= 0.6 is 0 Å². The highest BCUT2D eigenvalue weighted by atomic mass is 15.2. The van der Waals surface area contributed by atoms with E-state index < -0.39 is 0 Å². The van der Waals surface area contributed by atoms with Gasteiger partial charge in [0.15, 0.2) is 11.5 Å². The summed E-state index contributed by atoms with van der Waals surface area (Å²) in [6.07, 6.45) is 2.79. The zero-order chi connectivity index (χ0) is 14.5. The summed E-state index contributed by atoms with van der Waals surface area (Å²) in [5.41, 5.74) is 1.51. The molecule has 0 radical (unpaired) electrons. The van der Waals surface area contributed by atoms with Crippen molar-refractivity contribution in [2.45, 2.75) is 26.3 Å². The van der Waals surface area contributed by atoms with Crippen LogP contribution in [0.3, 0.4) is 0 Å². The van der Waals surface area contributed by atoms with Crippen LogP contribution < -0.4 is 10.6 Å². The minimum atomic E-state index is 0.572. The first-order chi connectivity index (χ1) is 9.65. The number of fused-ring (bicyclic) bond motifs is 1. The summed E-state index contributed by atoms with van der Waals surface area (Å²) in [6, 6.07) is 0.585. The molecule has 0 aliphatic rings. The highest BCUT2D eigenvalue weighted by molar-refractivity contribution is 5.83. The third-order valence-electron chi connectivity index (χ3n) is 3.61. The van der Waals surface area contributed by atoms with Crippen molar-refractivity contribution < 1.29 is 0 Å². The summed E-state index contributed by atoms with van der Waals surface area (Å²) in [4.78, 5) is 18.3. The molecule has 110 valence electrons. The van der Waals surface area contributed by atoms with Crippen LogP contribution in [0, 0.1) is 0 Å². The molecule has 0 aliphatic heterocycles. The van der Waals surface area contributed by atoms with E-state index in [2.05, 4.69) is 56.4 Å². The van der Waals surface area contributed by atoms with Gasteiger partial charge in [-0.25, -0.2) is 4.98 Å². The fourth-order valence-corrected chi connectivity index (χ4v) is 1.96. The number of aromatic amines is 1. The van der Waals surface area contributed by atoms with Crippen molar-refractivity contribution in [2.24, 2.45) is 0 Å². The van der Waals surface area contributed by atoms with E-state index in [1.165, 1.54) is 0 Å². The SMILES string of the molecule is CCC(C)N(C)CCNc1nc(NC)nc2nc[nH]c12. The van der Waals surface area contributed by atoms with E-state index in [4.69, 9.17) is 0 Å². The third-order valence-corrected chi connectivity index (χ3v) is 3.61. The van der Waals surface area contributed by atoms with Gasteiger partial charge < -0.3 is 20.5 Å². The Bertz CT molecular complexity index is 551. The smallest absolute Gasteiger partial charge is 0.226 e. The van der Waals surface area contributed by atoms with Gasteiger partial charge in [-0.15, -0.1) is 0 Å². The first-order valence-corrected chi connectivity index (χ1v) is 6.98. The summed E-state index contributed by atoms with van der Waals surface area (Å²) >= 11 is 0. The molecule has 0 saturated heterocycles. The minimum absolute atomic E-state index is 0.572. The van der Waals surface area contributed by atoms with Gasteiger partial charge in [0.2, 0.25) is 5.95 Å². The first-order valence-electron chi connectivity index (χ1n) is 6.98. The van der Waals surface area contributed by atoms with Crippen molar-refractivity contribution in [3.63, 3.8) is 0 Å². The number of likely N-dealkylation sites (N-methyl/N-ethyl adjacent to an activating group) is 1. The molecule has 1 atom stereocenters. The van der Waals surface area contributed by atoms with Crippen LogP contribution in [0.25, 0.3) is 11.2 Å². The molecule has 1 unspecified atom stereocenters. The fourth-order valence-electron chi connectivity index (χ4n) is 1.96. The lowest BCUT2D eigenvalue weighted by atomic mass is 10.2. The van der Waals surface area contributed by atoms with Crippen molar-refractivity contribution in [1.82, 2.24) is 24.8 Å². The second kappa shape index (κ2) is 6.51. The average molecular weight is 277 g/mol. The lowest BCUT2D eigenvalue weighted by Crippen LogP contribution is -2.32. The van der Waals surface area contributed by atoms with Crippen LogP contribution in [0.5, 0.6) is 0 Å². The van der Waals surface area contributed by atoms with Crippen molar-refractivity contribution >= 4 is 22.9 Å². The van der Waals surface area contributed by atoms with Gasteiger partial charge in [0.1, 0.15) is 5.52 Å². The van der Waals surface area contributed by atoms with E-state index >= 15 is 0 Å². The Morgan fingerprint density at radius 2 is 2.20 bits per heavy atom. The molecule has 3 N–H and O–H groups in total. The van der Waals surface area contributed by atoms with E-state index in [9.17, 15) is 0 Å². The molecule has 7 heteroatoms. The molecule has 0 aromatic carbocycles. The number of nitrogens with one attached hydrogen (secondary N) is 3. The Balaban J connectivity index is 2.04. The van der Waals surface area contributed by atoms with Gasteiger partial charge in [-0.2, -0.15) is 9.97 Å². The lowest BCUT2D eigenvalue weighted by molar-refractivity contribution is 0.261. The number of aromatic nitrogens is 4. The Labute approximate surface area is 119 Å². The number of anilines is 2. The molecule has 0 saturated carbocycles. The van der Waals surface area contributed by atoms with E-state index in [-0.39, 0.29) is 0 Å². The van der Waals surface area contributed by atoms with Gasteiger partial charge in [0, 0.05) is 26.2 Å². The van der Waals surface area contributed by atoms with E-state index in [1.807, 2.05) is 0 Å². The quantitative estimate of drug-likeness (QED) is 0.712. The second-order valence-corrected chi connectivity index (χ2v) is 4.91. The second-order valence-electron chi connectivity index (χ2n) is 4.91. The van der Waals surface area contributed by atoms with E-state index in [0.29, 0.717) is 17.6 Å². The standard InChI is InChI=1S/C13H23N7/c1-5-9(2)20(4)7-6-15-11-10-12(17-8-16-10)19-13(14-3)18-11/h8-9H,5-7H2,1-4H3,(H3,14,15,16,17,18,19). The molecule has 2 rings (SSSR count). The lowest BCUT2D eigenvalue weighted by Gasteiger charge is -2.23. The minimum Gasteiger partial charge on any atom is -0.367 e. The number of nitrogens with zero attached hydrogens (tertiary/aromatic N) is 4. The van der Waals surface area contributed by atoms with Gasteiger partial charge in [-0.3, -0.25) is 0 Å². The predicted molar refractivity (Wildman–Crippen MR) is 82.1 cm³/mol. The number of H-pyrrole nitrogens is 1. The van der Waals surface area contributed by atoms with Gasteiger partial charge in [0.05, 0.1) is 6.33 Å². The molecule has 20 heavy (non-hydrogen) atoms. The monoisotopic (exact) mass is 277 g/mol. The average Bonchev–Trinajstić information content (AvgIpc) is 2.94. The zero-order valence-electron chi connectivity index (χ0n) is 12.6. The Hall–Kier alpha value is -1.89. The van der Waals surface area contributed by atoms with Crippen LogP contribution in [0.2, 0.25) is 0 Å². The van der Waals surface area contributed by atoms with Crippen molar-refractivity contribution in [1.29, 1.82) is 0 Å². The molecule has 2 aromatic heterocycles. The fraction of sp³-hybridized carbons (Fsp3) is 0.615. The van der Waals surface area contributed by atoms with Crippen molar-refractivity contribution in [3.05, 3.63) is 6.33 Å². The largest absolute Gasteiger partial charge is 0.367 e. The Morgan fingerprint density at radius 3 is 2.90 bits per heavy atom. The number of hydrogen-bond acceptors (Lipinski definition) is 6. The number of imidazole rings is 1. The first kappa shape index (κ1) is 14.5. The molecular formula is C13H23N7. The molecule has 0 fully saturated rings. The normalized spacial score (nSPS) is 12.8. The van der Waals surface area contributed by atoms with Crippen molar-refractivity contribution in [2.75, 3.05) is 37.8 Å². The maximum atomic E-state index is 4.43. The summed E-state index contributed by atoms with van der Waals surface area (Å²) < 4.78 is 0. The van der Waals surface area contributed by atoms with Crippen LogP contribution in [-0.2, 0) is 0 Å². The highest BCUT2D eigenvalue weighted by Crippen LogP contribution is 2.18. The maximum Gasteiger partial charge on any atom is 0.226 e. The summed E-state index contributed by atoms with van der Waals surface area (Å²) in [6.45, 7) is 6.22. The summed E-state index contributed by atoms with van der Waals surface area (Å²) in [5.74, 6) is 1.36. The number of hydrogen-bond donors (Lipinski definition) is 3. The molecule has 0 spiro atoms. The topological polar surface area (TPSA) is 81.8 Å². The van der Waals surface area contributed by atoms with Crippen molar-refractivity contribution in [3.8, 4) is 0 Å². The van der Waals surface area contributed by atoms with Crippen LogP contribution in [0.4, 0.5) is 11.8 Å². The Morgan fingerprint density at radius 1 is 1.40 bits per heavy atom. The number of rotatable bonds is 7. The molecule has 7 nitrogen and oxygen atoms in total. The van der Waals surface area contributed by atoms with Crippen LogP contribution in [0.15, 0.2) is 6.33 Å². The van der Waals surface area contributed by atoms with Gasteiger partial charge in [0.25, 0.3) is 0 Å². The molecule has 0 aliphatic carbocycles.